The fourth-order valence-electron chi connectivity index (χ4n) is 0.600. The zero-order valence-corrected chi connectivity index (χ0v) is 5.86. The molecule has 0 fully saturated rings. The van der Waals surface area contributed by atoms with Crippen LogP contribution in [0.5, 0.6) is 0 Å². The van der Waals surface area contributed by atoms with E-state index in [1.807, 2.05) is 6.07 Å². The molecular weight excluding hydrogens is 142 g/mol. The molecule has 5 heteroatoms. The van der Waals surface area contributed by atoms with Crippen LogP contribution in [0.4, 0.5) is 5.82 Å². The fourth-order valence-corrected chi connectivity index (χ4v) is 0.600. The zero-order chi connectivity index (χ0) is 8.10. The Morgan fingerprint density at radius 2 is 2.36 bits per heavy atom. The van der Waals surface area contributed by atoms with Gasteiger partial charge in [0.25, 0.3) is 0 Å². The van der Waals surface area contributed by atoms with E-state index >= 15 is 0 Å². The molecule has 0 amide bonds. The Bertz CT molecular complexity index is 242. The van der Waals surface area contributed by atoms with Gasteiger partial charge in [0.1, 0.15) is 5.82 Å². The lowest BCUT2D eigenvalue weighted by Gasteiger charge is -2.00. The van der Waals surface area contributed by atoms with Gasteiger partial charge in [-0.25, -0.2) is 4.98 Å². The summed E-state index contributed by atoms with van der Waals surface area (Å²) in [4.78, 5) is 3.94. The molecule has 0 aliphatic heterocycles. The molecule has 0 spiro atoms. The number of nitrogens with one attached hydrogen (secondary N) is 1. The number of anilines is 1. The number of hydrazone groups is 1. The van der Waals surface area contributed by atoms with Gasteiger partial charge in [-0.1, -0.05) is 6.07 Å². The van der Waals surface area contributed by atoms with Crippen molar-refractivity contribution >= 4 is 11.8 Å². The summed E-state index contributed by atoms with van der Waals surface area (Å²) >= 11 is 0. The Hall–Kier alpha value is -1.78. The molecule has 0 aliphatic rings. The van der Waals surface area contributed by atoms with E-state index in [1.165, 1.54) is 0 Å². The highest BCUT2D eigenvalue weighted by Gasteiger charge is 1.91. The largest absolute Gasteiger partial charge is 0.368 e. The molecule has 5 N–H and O–H groups in total. The number of pyridine rings is 1. The Morgan fingerprint density at radius 1 is 1.55 bits per heavy atom. The van der Waals surface area contributed by atoms with Crippen molar-refractivity contribution in [2.24, 2.45) is 16.7 Å². The third kappa shape index (κ3) is 2.13. The van der Waals surface area contributed by atoms with Gasteiger partial charge in [0, 0.05) is 6.20 Å². The molecule has 0 aromatic carbocycles. The summed E-state index contributed by atoms with van der Waals surface area (Å²) in [5, 5.41) is 5.91. The first-order chi connectivity index (χ1) is 5.33. The van der Waals surface area contributed by atoms with Gasteiger partial charge in [-0.15, -0.1) is 5.10 Å². The molecule has 0 saturated carbocycles. The predicted octanol–water partition coefficient (Wildman–Crippen LogP) is -0.318. The molecule has 0 bridgehead atoms. The van der Waals surface area contributed by atoms with Crippen molar-refractivity contribution in [3.8, 4) is 0 Å². The Kier molecular flexibility index (Phi) is 2.27. The molecular formula is C6H9N5. The van der Waals surface area contributed by atoms with Crippen LogP contribution < -0.4 is 16.9 Å². The van der Waals surface area contributed by atoms with Crippen LogP contribution in [-0.4, -0.2) is 10.9 Å². The summed E-state index contributed by atoms with van der Waals surface area (Å²) in [5.74, 6) is 5.66. The molecule has 58 valence electrons. The molecule has 0 aliphatic carbocycles. The normalized spacial score (nSPS) is 11.1. The molecule has 11 heavy (non-hydrogen) atoms. The molecule has 1 heterocycles. The maximum absolute atomic E-state index is 5.28. The van der Waals surface area contributed by atoms with Crippen LogP contribution in [0.2, 0.25) is 0 Å². The van der Waals surface area contributed by atoms with Crippen LogP contribution in [0.15, 0.2) is 29.5 Å². The Morgan fingerprint density at radius 3 is 2.91 bits per heavy atom. The average molecular weight is 151 g/mol. The van der Waals surface area contributed by atoms with Crippen LogP contribution >= 0.6 is 0 Å². The van der Waals surface area contributed by atoms with E-state index in [0.29, 0.717) is 5.82 Å². The average Bonchev–Trinajstić information content (AvgIpc) is 2.06. The second-order valence-electron chi connectivity index (χ2n) is 1.85. The maximum atomic E-state index is 5.28. The molecule has 0 unspecified atom stereocenters. The minimum Gasteiger partial charge on any atom is -0.368 e. The van der Waals surface area contributed by atoms with Crippen LogP contribution in [-0.2, 0) is 0 Å². The first-order valence-electron chi connectivity index (χ1n) is 3.04. The van der Waals surface area contributed by atoms with E-state index in [-0.39, 0.29) is 5.96 Å². The van der Waals surface area contributed by atoms with Gasteiger partial charge in [-0.05, 0) is 12.1 Å². The van der Waals surface area contributed by atoms with Gasteiger partial charge in [0.2, 0.25) is 5.96 Å². The standard InChI is InChI=1S/C6H9N5/c7-6(11-8)10-5-3-1-2-4-9-5/h1-4H,8H2,(H3,7,9,10,11). The second-order valence-corrected chi connectivity index (χ2v) is 1.85. The number of guanidine groups is 1. The lowest BCUT2D eigenvalue weighted by molar-refractivity contribution is 1.21. The van der Waals surface area contributed by atoms with Crippen molar-refractivity contribution < 1.29 is 0 Å². The fraction of sp³-hybridized carbons (Fsp3) is 0. The molecule has 1 rings (SSSR count). The van der Waals surface area contributed by atoms with Gasteiger partial charge in [-0.2, -0.15) is 0 Å². The smallest absolute Gasteiger partial charge is 0.216 e. The monoisotopic (exact) mass is 151 g/mol. The lowest BCUT2D eigenvalue weighted by Crippen LogP contribution is -2.24. The van der Waals surface area contributed by atoms with Crippen LogP contribution in [0.1, 0.15) is 0 Å². The number of rotatable bonds is 1. The van der Waals surface area contributed by atoms with Gasteiger partial charge < -0.3 is 16.9 Å². The number of nitrogens with two attached hydrogens (primary N) is 2. The lowest BCUT2D eigenvalue weighted by atomic mass is 10.5. The number of aromatic nitrogens is 1. The van der Waals surface area contributed by atoms with Gasteiger partial charge in [0.05, 0.1) is 0 Å². The molecule has 1 aromatic rings. The summed E-state index contributed by atoms with van der Waals surface area (Å²) in [6, 6.07) is 5.40. The zero-order valence-electron chi connectivity index (χ0n) is 5.86. The molecule has 1 aromatic heterocycles. The summed E-state index contributed by atoms with van der Waals surface area (Å²) in [5.41, 5.74) is 5.28. The molecule has 0 saturated heterocycles. The highest BCUT2D eigenvalue weighted by atomic mass is 15.2. The molecule has 0 atom stereocenters. The SMILES string of the molecule is NN=C(N)Nc1ccccn1. The van der Waals surface area contributed by atoms with Crippen molar-refractivity contribution in [1.82, 2.24) is 4.98 Å². The highest BCUT2D eigenvalue weighted by Crippen LogP contribution is 1.97. The van der Waals surface area contributed by atoms with E-state index in [1.54, 1.807) is 18.3 Å². The molecule has 5 nitrogen and oxygen atoms in total. The summed E-state index contributed by atoms with van der Waals surface area (Å²) in [7, 11) is 0. The van der Waals surface area contributed by atoms with Crippen molar-refractivity contribution in [3.05, 3.63) is 24.4 Å². The van der Waals surface area contributed by atoms with Crippen molar-refractivity contribution in [2.75, 3.05) is 5.32 Å². The Balaban J connectivity index is 2.65. The van der Waals surface area contributed by atoms with Crippen LogP contribution in [0.3, 0.4) is 0 Å². The third-order valence-electron chi connectivity index (χ3n) is 1.06. The van der Waals surface area contributed by atoms with Crippen molar-refractivity contribution in [2.45, 2.75) is 0 Å². The van der Waals surface area contributed by atoms with E-state index in [0.717, 1.165) is 0 Å². The third-order valence-corrected chi connectivity index (χ3v) is 1.06. The number of nitrogens with zero attached hydrogens (tertiary/aromatic N) is 2. The summed E-state index contributed by atoms with van der Waals surface area (Å²) < 4.78 is 0. The van der Waals surface area contributed by atoms with E-state index in [2.05, 4.69) is 15.4 Å². The van der Waals surface area contributed by atoms with Gasteiger partial charge >= 0.3 is 0 Å². The van der Waals surface area contributed by atoms with Crippen molar-refractivity contribution in [1.29, 1.82) is 0 Å². The quantitative estimate of drug-likeness (QED) is 0.222. The van der Waals surface area contributed by atoms with E-state index in [4.69, 9.17) is 11.6 Å². The maximum Gasteiger partial charge on any atom is 0.216 e. The Labute approximate surface area is 64.1 Å². The minimum absolute atomic E-state index is 0.142. The van der Waals surface area contributed by atoms with Gasteiger partial charge in [-0.3, -0.25) is 0 Å². The highest BCUT2D eigenvalue weighted by molar-refractivity contribution is 5.90. The minimum atomic E-state index is 0.142. The first-order valence-corrected chi connectivity index (χ1v) is 3.04. The predicted molar refractivity (Wildman–Crippen MR) is 43.7 cm³/mol. The van der Waals surface area contributed by atoms with Gasteiger partial charge in [0.15, 0.2) is 0 Å². The van der Waals surface area contributed by atoms with Crippen molar-refractivity contribution in [3.63, 3.8) is 0 Å². The second kappa shape index (κ2) is 3.40. The topological polar surface area (TPSA) is 89.3 Å². The molecule has 0 radical (unpaired) electrons. The number of hydrogen-bond acceptors (Lipinski definition) is 3. The first kappa shape index (κ1) is 7.33. The van der Waals surface area contributed by atoms with E-state index < -0.39 is 0 Å². The summed E-state index contributed by atoms with van der Waals surface area (Å²) in [6.45, 7) is 0. The van der Waals surface area contributed by atoms with Crippen LogP contribution in [0.25, 0.3) is 0 Å². The number of hydrogen-bond donors (Lipinski definition) is 3. The van der Waals surface area contributed by atoms with E-state index in [9.17, 15) is 0 Å². The summed E-state index contributed by atoms with van der Waals surface area (Å²) in [6.07, 6.45) is 1.64. The van der Waals surface area contributed by atoms with Crippen LogP contribution in [0, 0.1) is 0 Å².